The number of rotatable bonds is 8. The molecule has 1 fully saturated rings. The van der Waals surface area contributed by atoms with Gasteiger partial charge < -0.3 is 15.0 Å². The Kier molecular flexibility index (Phi) is 7.39. The highest BCUT2D eigenvalue weighted by atomic mass is 19.1. The van der Waals surface area contributed by atoms with E-state index in [-0.39, 0.29) is 25.1 Å². The Morgan fingerprint density at radius 2 is 1.69 bits per heavy atom. The summed E-state index contributed by atoms with van der Waals surface area (Å²) in [4.78, 5) is 53.9. The molecule has 184 valence electrons. The first-order valence-corrected chi connectivity index (χ1v) is 11.4. The number of nitrogens with one attached hydrogen (secondary N) is 1. The molecule has 1 heterocycles. The summed E-state index contributed by atoms with van der Waals surface area (Å²) in [7, 11) is 0. The number of amides is 4. The summed E-state index contributed by atoms with van der Waals surface area (Å²) in [5.41, 5.74) is 1.63. The highest BCUT2D eigenvalue weighted by Gasteiger charge is 2.46. The van der Waals surface area contributed by atoms with Crippen molar-refractivity contribution in [2.75, 3.05) is 16.8 Å². The van der Waals surface area contributed by atoms with E-state index >= 15 is 0 Å². The number of nitrogens with zero attached hydrogens (tertiary/aromatic N) is 2. The van der Waals surface area contributed by atoms with Crippen LogP contribution >= 0.6 is 0 Å². The summed E-state index contributed by atoms with van der Waals surface area (Å²) < 4.78 is 18.4. The van der Waals surface area contributed by atoms with Crippen LogP contribution in [0.5, 0.6) is 0 Å². The molecule has 0 radical (unpaired) electrons. The van der Waals surface area contributed by atoms with Gasteiger partial charge in [0.2, 0.25) is 5.91 Å². The molecule has 0 saturated carbocycles. The predicted molar refractivity (Wildman–Crippen MR) is 131 cm³/mol. The molecular weight excluding hydrogens is 465 g/mol. The molecule has 8 nitrogen and oxygen atoms in total. The number of anilines is 2. The second-order valence-electron chi connectivity index (χ2n) is 8.12. The van der Waals surface area contributed by atoms with E-state index in [9.17, 15) is 23.6 Å². The Balaban J connectivity index is 1.56. The summed E-state index contributed by atoms with van der Waals surface area (Å²) in [5.74, 6) is -1.99. The van der Waals surface area contributed by atoms with Crippen LogP contribution in [0.15, 0.2) is 78.9 Å². The van der Waals surface area contributed by atoms with Crippen LogP contribution in [0.4, 0.5) is 20.6 Å². The number of carbonyl (C=O) groups excluding carboxylic acids is 4. The first kappa shape index (κ1) is 24.6. The fourth-order valence-corrected chi connectivity index (χ4v) is 3.94. The van der Waals surface area contributed by atoms with Gasteiger partial charge in [0.15, 0.2) is 0 Å². The van der Waals surface area contributed by atoms with Crippen molar-refractivity contribution in [1.29, 1.82) is 0 Å². The summed E-state index contributed by atoms with van der Waals surface area (Å²) >= 11 is 0. The Morgan fingerprint density at radius 1 is 0.972 bits per heavy atom. The van der Waals surface area contributed by atoms with Crippen LogP contribution in [-0.4, -0.2) is 41.4 Å². The van der Waals surface area contributed by atoms with Crippen molar-refractivity contribution in [2.24, 2.45) is 0 Å². The quantitative estimate of drug-likeness (QED) is 0.375. The van der Waals surface area contributed by atoms with E-state index in [1.807, 2.05) is 0 Å². The molecule has 1 atom stereocenters. The van der Waals surface area contributed by atoms with Crippen LogP contribution in [0.1, 0.15) is 29.3 Å². The molecule has 1 aliphatic heterocycles. The Hall–Kier alpha value is -4.53. The van der Waals surface area contributed by atoms with Gasteiger partial charge in [-0.1, -0.05) is 36.4 Å². The van der Waals surface area contributed by atoms with Crippen molar-refractivity contribution >= 4 is 35.2 Å². The zero-order valence-corrected chi connectivity index (χ0v) is 19.5. The average molecular weight is 490 g/mol. The Morgan fingerprint density at radius 3 is 2.39 bits per heavy atom. The zero-order chi connectivity index (χ0) is 25.7. The number of halogens is 1. The maximum absolute atomic E-state index is 13.4. The SMILES string of the molecule is CCOC(=O)c1cccc(NC(=O)C[C@H]2C(=O)N(c3ccccc3)C(=O)N2Cc2ccc(F)cc2)c1. The predicted octanol–water partition coefficient (Wildman–Crippen LogP) is 4.37. The molecule has 4 rings (SSSR count). The molecule has 3 aromatic carbocycles. The largest absolute Gasteiger partial charge is 0.462 e. The van der Waals surface area contributed by atoms with Gasteiger partial charge in [-0.05, 0) is 55.0 Å². The van der Waals surface area contributed by atoms with Crippen LogP contribution < -0.4 is 10.2 Å². The number of hydrogen-bond donors (Lipinski definition) is 1. The molecule has 3 aromatic rings. The number of esters is 1. The molecule has 1 saturated heterocycles. The number of carbonyl (C=O) groups is 4. The highest BCUT2D eigenvalue weighted by Crippen LogP contribution is 2.28. The van der Waals surface area contributed by atoms with Gasteiger partial charge in [-0.25, -0.2) is 18.9 Å². The lowest BCUT2D eigenvalue weighted by molar-refractivity contribution is -0.124. The van der Waals surface area contributed by atoms with Crippen molar-refractivity contribution in [1.82, 2.24) is 4.90 Å². The smallest absolute Gasteiger partial charge is 0.338 e. The van der Waals surface area contributed by atoms with Gasteiger partial charge in [-0.3, -0.25) is 9.59 Å². The molecule has 0 unspecified atom stereocenters. The fraction of sp³-hybridized carbons (Fsp3) is 0.185. The minimum atomic E-state index is -1.07. The van der Waals surface area contributed by atoms with Crippen molar-refractivity contribution in [3.05, 3.63) is 95.8 Å². The summed E-state index contributed by atoms with van der Waals surface area (Å²) in [6.45, 7) is 1.93. The normalized spacial score (nSPS) is 15.2. The first-order chi connectivity index (χ1) is 17.4. The van der Waals surface area contributed by atoms with E-state index in [1.54, 1.807) is 55.5 Å². The van der Waals surface area contributed by atoms with E-state index in [2.05, 4.69) is 5.32 Å². The molecule has 36 heavy (non-hydrogen) atoms. The van der Waals surface area contributed by atoms with Crippen LogP contribution in [-0.2, 0) is 20.9 Å². The van der Waals surface area contributed by atoms with Crippen LogP contribution in [0, 0.1) is 5.82 Å². The number of benzene rings is 3. The minimum Gasteiger partial charge on any atom is -0.462 e. The van der Waals surface area contributed by atoms with E-state index in [0.717, 1.165) is 4.90 Å². The van der Waals surface area contributed by atoms with E-state index < -0.39 is 35.7 Å². The van der Waals surface area contributed by atoms with Crippen LogP contribution in [0.25, 0.3) is 0 Å². The molecule has 4 amide bonds. The lowest BCUT2D eigenvalue weighted by atomic mass is 10.1. The molecule has 1 N–H and O–H groups in total. The number of hydrogen-bond acceptors (Lipinski definition) is 5. The van der Waals surface area contributed by atoms with E-state index in [0.29, 0.717) is 16.9 Å². The molecule has 0 bridgehead atoms. The maximum Gasteiger partial charge on any atom is 0.338 e. The van der Waals surface area contributed by atoms with Gasteiger partial charge in [0, 0.05) is 12.2 Å². The van der Waals surface area contributed by atoms with Crippen molar-refractivity contribution in [3.8, 4) is 0 Å². The van der Waals surface area contributed by atoms with Gasteiger partial charge in [-0.2, -0.15) is 0 Å². The molecule has 0 spiro atoms. The molecule has 0 aliphatic carbocycles. The van der Waals surface area contributed by atoms with E-state index in [4.69, 9.17) is 4.74 Å². The zero-order valence-electron chi connectivity index (χ0n) is 19.5. The van der Waals surface area contributed by atoms with Crippen molar-refractivity contribution in [3.63, 3.8) is 0 Å². The third kappa shape index (κ3) is 5.41. The molecule has 1 aliphatic rings. The fourth-order valence-electron chi connectivity index (χ4n) is 3.94. The average Bonchev–Trinajstić information content (AvgIpc) is 3.10. The number of imide groups is 1. The third-order valence-electron chi connectivity index (χ3n) is 5.64. The van der Waals surface area contributed by atoms with Crippen LogP contribution in [0.2, 0.25) is 0 Å². The number of ether oxygens (including phenoxy) is 1. The molecular formula is C27H24FN3O5. The molecule has 0 aromatic heterocycles. The second-order valence-corrected chi connectivity index (χ2v) is 8.12. The Bertz CT molecular complexity index is 1280. The topological polar surface area (TPSA) is 96.0 Å². The lowest BCUT2D eigenvalue weighted by Crippen LogP contribution is -2.37. The van der Waals surface area contributed by atoms with Crippen molar-refractivity contribution < 1.29 is 28.3 Å². The monoisotopic (exact) mass is 489 g/mol. The second kappa shape index (κ2) is 10.8. The van der Waals surface area contributed by atoms with Gasteiger partial charge >= 0.3 is 12.0 Å². The minimum absolute atomic E-state index is 0.0183. The highest BCUT2D eigenvalue weighted by molar-refractivity contribution is 6.22. The summed E-state index contributed by atoms with van der Waals surface area (Å²) in [6, 6.07) is 18.6. The van der Waals surface area contributed by atoms with Gasteiger partial charge in [0.1, 0.15) is 11.9 Å². The first-order valence-electron chi connectivity index (χ1n) is 11.4. The van der Waals surface area contributed by atoms with Crippen molar-refractivity contribution in [2.45, 2.75) is 25.9 Å². The van der Waals surface area contributed by atoms with Gasteiger partial charge in [0.25, 0.3) is 5.91 Å². The number of para-hydroxylation sites is 1. The lowest BCUT2D eigenvalue weighted by Gasteiger charge is -2.21. The summed E-state index contributed by atoms with van der Waals surface area (Å²) in [5, 5.41) is 2.68. The molecule has 9 heteroatoms. The maximum atomic E-state index is 13.4. The number of urea groups is 1. The Labute approximate surface area is 207 Å². The standard InChI is InChI=1S/C27H24FN3O5/c1-2-36-26(34)19-7-6-8-21(15-19)29-24(32)16-23-25(33)31(22-9-4-3-5-10-22)27(35)30(23)17-18-11-13-20(28)14-12-18/h3-15,23H,2,16-17H2,1H3,(H,29,32)/t23-/m0/s1. The third-order valence-corrected chi connectivity index (χ3v) is 5.64. The summed E-state index contributed by atoms with van der Waals surface area (Å²) in [6.07, 6.45) is -0.307. The van der Waals surface area contributed by atoms with Gasteiger partial charge in [-0.15, -0.1) is 0 Å². The van der Waals surface area contributed by atoms with E-state index in [1.165, 1.54) is 35.2 Å². The van der Waals surface area contributed by atoms with Crippen LogP contribution in [0.3, 0.4) is 0 Å². The van der Waals surface area contributed by atoms with Gasteiger partial charge in [0.05, 0.1) is 24.3 Å².